The van der Waals surface area contributed by atoms with Crippen molar-refractivity contribution in [3.05, 3.63) is 65.0 Å². The third-order valence-corrected chi connectivity index (χ3v) is 4.97. The monoisotopic (exact) mass is 345 g/mol. The van der Waals surface area contributed by atoms with Crippen molar-refractivity contribution in [2.45, 2.75) is 53.4 Å². The van der Waals surface area contributed by atoms with Crippen molar-refractivity contribution in [1.82, 2.24) is 15.0 Å². The molecule has 1 heterocycles. The molecule has 0 aliphatic carbocycles. The molecule has 3 nitrogen and oxygen atoms in total. The number of hydrogen-bond acceptors (Lipinski definition) is 3. The molecule has 0 aliphatic heterocycles. The number of aryl methyl sites for hydroxylation is 4. The summed E-state index contributed by atoms with van der Waals surface area (Å²) in [4.78, 5) is 13.8. The topological polar surface area (TPSA) is 38.7 Å². The van der Waals surface area contributed by atoms with Gasteiger partial charge in [-0.15, -0.1) is 0 Å². The van der Waals surface area contributed by atoms with Crippen LogP contribution in [0.15, 0.2) is 42.7 Å². The van der Waals surface area contributed by atoms with Crippen molar-refractivity contribution in [2.75, 3.05) is 0 Å². The van der Waals surface area contributed by atoms with Crippen molar-refractivity contribution < 1.29 is 0 Å². The molecule has 0 aliphatic rings. The average molecular weight is 345 g/mol. The van der Waals surface area contributed by atoms with Crippen molar-refractivity contribution in [3.63, 3.8) is 0 Å². The third-order valence-electron chi connectivity index (χ3n) is 4.97. The van der Waals surface area contributed by atoms with Crippen LogP contribution in [0, 0.1) is 0 Å². The number of aromatic nitrogens is 3. The first-order valence-corrected chi connectivity index (χ1v) is 9.63. The lowest BCUT2D eigenvalue weighted by atomic mass is 9.99. The molecule has 0 N–H and O–H groups in total. The van der Waals surface area contributed by atoms with Gasteiger partial charge in [-0.3, -0.25) is 0 Å². The van der Waals surface area contributed by atoms with Gasteiger partial charge in [0.2, 0.25) is 0 Å². The molecule has 1 aromatic heterocycles. The molecule has 0 saturated heterocycles. The van der Waals surface area contributed by atoms with Crippen LogP contribution in [0.25, 0.3) is 22.8 Å². The molecule has 3 aromatic rings. The van der Waals surface area contributed by atoms with Crippen LogP contribution in [0.4, 0.5) is 0 Å². The summed E-state index contributed by atoms with van der Waals surface area (Å²) in [5.41, 5.74) is 7.50. The molecule has 3 rings (SSSR count). The first kappa shape index (κ1) is 18.2. The van der Waals surface area contributed by atoms with Gasteiger partial charge in [-0.05, 0) is 47.9 Å². The molecular weight excluding hydrogens is 318 g/mol. The van der Waals surface area contributed by atoms with Gasteiger partial charge >= 0.3 is 0 Å². The Morgan fingerprint density at radius 2 is 1.08 bits per heavy atom. The van der Waals surface area contributed by atoms with Crippen molar-refractivity contribution in [2.24, 2.45) is 0 Å². The normalized spacial score (nSPS) is 10.9. The van der Waals surface area contributed by atoms with E-state index in [-0.39, 0.29) is 0 Å². The molecule has 0 saturated carbocycles. The summed E-state index contributed by atoms with van der Waals surface area (Å²) < 4.78 is 0. The standard InChI is InChI=1S/C23H27N3/c1-5-16-9-11-20(18(7-3)13-16)22-24-15-25-23(26-22)21-12-10-17(6-2)14-19(21)8-4/h9-15H,5-8H2,1-4H3. The highest BCUT2D eigenvalue weighted by atomic mass is 15.0. The smallest absolute Gasteiger partial charge is 0.163 e. The predicted octanol–water partition coefficient (Wildman–Crippen LogP) is 5.46. The third kappa shape index (κ3) is 3.67. The van der Waals surface area contributed by atoms with E-state index in [4.69, 9.17) is 4.98 Å². The van der Waals surface area contributed by atoms with E-state index in [9.17, 15) is 0 Å². The Bertz CT molecular complexity index is 829. The van der Waals surface area contributed by atoms with Gasteiger partial charge in [-0.1, -0.05) is 64.1 Å². The first-order chi connectivity index (χ1) is 12.7. The number of rotatable bonds is 6. The second-order valence-corrected chi connectivity index (χ2v) is 6.53. The highest BCUT2D eigenvalue weighted by molar-refractivity contribution is 5.66. The second kappa shape index (κ2) is 8.22. The Hall–Kier alpha value is -2.55. The van der Waals surface area contributed by atoms with Gasteiger partial charge in [0.25, 0.3) is 0 Å². The predicted molar refractivity (Wildman–Crippen MR) is 108 cm³/mol. The molecule has 0 atom stereocenters. The van der Waals surface area contributed by atoms with E-state index >= 15 is 0 Å². The summed E-state index contributed by atoms with van der Waals surface area (Å²) in [6.07, 6.45) is 5.65. The van der Waals surface area contributed by atoms with Crippen molar-refractivity contribution in [3.8, 4) is 22.8 Å². The lowest BCUT2D eigenvalue weighted by molar-refractivity contribution is 1.03. The Kier molecular flexibility index (Phi) is 5.77. The zero-order valence-corrected chi connectivity index (χ0v) is 16.2. The van der Waals surface area contributed by atoms with E-state index in [1.807, 2.05) is 0 Å². The van der Waals surface area contributed by atoms with Gasteiger partial charge in [0.1, 0.15) is 6.33 Å². The summed E-state index contributed by atoms with van der Waals surface area (Å²) in [6, 6.07) is 13.2. The molecule has 0 bridgehead atoms. The van der Waals surface area contributed by atoms with Crippen LogP contribution in [-0.2, 0) is 25.7 Å². The Balaban J connectivity index is 2.07. The summed E-state index contributed by atoms with van der Waals surface area (Å²) in [5.74, 6) is 1.52. The van der Waals surface area contributed by atoms with Gasteiger partial charge in [0, 0.05) is 11.1 Å². The van der Waals surface area contributed by atoms with Gasteiger partial charge in [-0.2, -0.15) is 0 Å². The molecule has 0 spiro atoms. The van der Waals surface area contributed by atoms with Gasteiger partial charge in [0.15, 0.2) is 11.6 Å². The minimum atomic E-state index is 0.760. The summed E-state index contributed by atoms with van der Waals surface area (Å²) in [6.45, 7) is 8.72. The van der Waals surface area contributed by atoms with Crippen LogP contribution in [0.2, 0.25) is 0 Å². The van der Waals surface area contributed by atoms with Gasteiger partial charge in [-0.25, -0.2) is 15.0 Å². The van der Waals surface area contributed by atoms with Crippen LogP contribution >= 0.6 is 0 Å². The first-order valence-electron chi connectivity index (χ1n) is 9.63. The van der Waals surface area contributed by atoms with Crippen LogP contribution in [0.3, 0.4) is 0 Å². The molecule has 134 valence electrons. The zero-order valence-electron chi connectivity index (χ0n) is 16.2. The van der Waals surface area contributed by atoms with Gasteiger partial charge in [0.05, 0.1) is 0 Å². The van der Waals surface area contributed by atoms with Crippen molar-refractivity contribution in [1.29, 1.82) is 0 Å². The molecule has 2 aromatic carbocycles. The number of hydrogen-bond donors (Lipinski definition) is 0. The maximum absolute atomic E-state index is 4.82. The van der Waals surface area contributed by atoms with E-state index in [0.29, 0.717) is 0 Å². The fourth-order valence-corrected chi connectivity index (χ4v) is 3.31. The molecule has 26 heavy (non-hydrogen) atoms. The Morgan fingerprint density at radius 1 is 0.615 bits per heavy atom. The molecule has 3 heteroatoms. The van der Waals surface area contributed by atoms with Crippen molar-refractivity contribution >= 4 is 0 Å². The SMILES string of the molecule is CCc1ccc(-c2ncnc(-c3ccc(CC)cc3CC)n2)c(CC)c1. The highest BCUT2D eigenvalue weighted by Gasteiger charge is 2.12. The minimum Gasteiger partial charge on any atom is -0.216 e. The molecular formula is C23H27N3. The average Bonchev–Trinajstić information content (AvgIpc) is 2.72. The molecule has 0 fully saturated rings. The van der Waals surface area contributed by atoms with E-state index in [0.717, 1.165) is 48.5 Å². The van der Waals surface area contributed by atoms with E-state index < -0.39 is 0 Å². The zero-order chi connectivity index (χ0) is 18.5. The minimum absolute atomic E-state index is 0.760. The van der Waals surface area contributed by atoms with Crippen LogP contribution < -0.4 is 0 Å². The molecule has 0 unspecified atom stereocenters. The van der Waals surface area contributed by atoms with Crippen LogP contribution in [0.5, 0.6) is 0 Å². The fourth-order valence-electron chi connectivity index (χ4n) is 3.31. The Morgan fingerprint density at radius 3 is 1.46 bits per heavy atom. The van der Waals surface area contributed by atoms with Crippen LogP contribution in [-0.4, -0.2) is 15.0 Å². The van der Waals surface area contributed by atoms with Crippen LogP contribution in [0.1, 0.15) is 49.9 Å². The second-order valence-electron chi connectivity index (χ2n) is 6.53. The maximum atomic E-state index is 4.82. The number of benzene rings is 2. The molecule has 0 radical (unpaired) electrons. The highest BCUT2D eigenvalue weighted by Crippen LogP contribution is 2.26. The summed E-state index contributed by atoms with van der Waals surface area (Å²) in [5, 5.41) is 0. The Labute approximate surface area is 156 Å². The van der Waals surface area contributed by atoms with E-state index in [2.05, 4.69) is 74.1 Å². The lowest BCUT2D eigenvalue weighted by Gasteiger charge is -2.11. The number of nitrogens with zero attached hydrogens (tertiary/aromatic N) is 3. The fraction of sp³-hybridized carbons (Fsp3) is 0.348. The quantitative estimate of drug-likeness (QED) is 0.596. The lowest BCUT2D eigenvalue weighted by Crippen LogP contribution is -2.00. The summed E-state index contributed by atoms with van der Waals surface area (Å²) in [7, 11) is 0. The van der Waals surface area contributed by atoms with Gasteiger partial charge < -0.3 is 0 Å². The van der Waals surface area contributed by atoms with E-state index in [1.54, 1.807) is 6.33 Å². The maximum Gasteiger partial charge on any atom is 0.163 e. The molecule has 0 amide bonds. The largest absolute Gasteiger partial charge is 0.216 e. The summed E-state index contributed by atoms with van der Waals surface area (Å²) >= 11 is 0. The van der Waals surface area contributed by atoms with E-state index in [1.165, 1.54) is 22.3 Å².